The quantitative estimate of drug-likeness (QED) is 0.489. The van der Waals surface area contributed by atoms with Gasteiger partial charge in [-0.2, -0.15) is 0 Å². The lowest BCUT2D eigenvalue weighted by Gasteiger charge is -2.30. The molecule has 1 atom stereocenters. The molecule has 0 bridgehead atoms. The van der Waals surface area contributed by atoms with E-state index in [9.17, 15) is 9.59 Å². The molecule has 0 saturated heterocycles. The first-order chi connectivity index (χ1) is 12.9. The molecule has 1 unspecified atom stereocenters. The molecule has 3 rings (SSSR count). The Balaban J connectivity index is 1.68. The van der Waals surface area contributed by atoms with E-state index in [4.69, 9.17) is 5.21 Å². The number of amides is 2. The number of aryl methyl sites for hydroxylation is 2. The Morgan fingerprint density at radius 3 is 2.78 bits per heavy atom. The van der Waals surface area contributed by atoms with Crippen LogP contribution >= 0.6 is 0 Å². The molecule has 27 heavy (non-hydrogen) atoms. The Hall–Kier alpha value is -2.67. The number of aromatic nitrogens is 2. The van der Waals surface area contributed by atoms with Gasteiger partial charge in [0.2, 0.25) is 5.91 Å². The maximum atomic E-state index is 13.1. The van der Waals surface area contributed by atoms with Crippen molar-refractivity contribution in [2.45, 2.75) is 45.1 Å². The van der Waals surface area contributed by atoms with E-state index in [1.807, 2.05) is 6.07 Å². The summed E-state index contributed by atoms with van der Waals surface area (Å²) in [5, 5.41) is 9.10. The third-order valence-electron chi connectivity index (χ3n) is 5.45. The molecule has 1 fully saturated rings. The normalized spacial score (nSPS) is 15.8. The average molecular weight is 370 g/mol. The number of imidazole rings is 1. The molecule has 0 aliphatic heterocycles. The predicted octanol–water partition coefficient (Wildman–Crippen LogP) is 2.01. The summed E-state index contributed by atoms with van der Waals surface area (Å²) in [5.74, 6) is -0.641. The third kappa shape index (κ3) is 4.36. The standard InChI is InChI=1S/C20H26N4O3/c1-14-4-3-5-15(10-14)6-7-20(8-9-20)19(26)24(2)17(18(25)23-27)11-16-12-21-13-22-16/h3-5,10,12-13,17,27H,6-9,11H2,1-2H3,(H,21,22)(H,23,25). The fourth-order valence-corrected chi connectivity index (χ4v) is 3.57. The van der Waals surface area contributed by atoms with Crippen molar-refractivity contribution >= 4 is 11.8 Å². The topological polar surface area (TPSA) is 98.3 Å². The summed E-state index contributed by atoms with van der Waals surface area (Å²) in [5.41, 5.74) is 4.44. The molecule has 1 aliphatic carbocycles. The van der Waals surface area contributed by atoms with Gasteiger partial charge in [0.1, 0.15) is 6.04 Å². The number of likely N-dealkylation sites (N-methyl/N-ethyl adjacent to an activating group) is 1. The van der Waals surface area contributed by atoms with Crippen molar-refractivity contribution in [1.82, 2.24) is 20.3 Å². The first kappa shape index (κ1) is 19.1. The Kier molecular flexibility index (Phi) is 5.60. The molecular weight excluding hydrogens is 344 g/mol. The highest BCUT2D eigenvalue weighted by Gasteiger charge is 2.51. The summed E-state index contributed by atoms with van der Waals surface area (Å²) in [6.07, 6.45) is 6.66. The van der Waals surface area contributed by atoms with Crippen LogP contribution in [0.25, 0.3) is 0 Å². The molecule has 1 heterocycles. The van der Waals surface area contributed by atoms with Crippen molar-refractivity contribution in [3.8, 4) is 0 Å². The predicted molar refractivity (Wildman–Crippen MR) is 99.9 cm³/mol. The molecule has 7 heteroatoms. The van der Waals surface area contributed by atoms with Crippen molar-refractivity contribution in [1.29, 1.82) is 0 Å². The molecule has 144 valence electrons. The second-order valence-corrected chi connectivity index (χ2v) is 7.46. The second kappa shape index (κ2) is 7.92. The number of nitrogens with zero attached hydrogens (tertiary/aromatic N) is 2. The summed E-state index contributed by atoms with van der Waals surface area (Å²) < 4.78 is 0. The lowest BCUT2D eigenvalue weighted by molar-refractivity contribution is -0.146. The molecule has 1 saturated carbocycles. The van der Waals surface area contributed by atoms with Gasteiger partial charge in [-0.1, -0.05) is 29.8 Å². The molecule has 1 aliphatic rings. The number of benzene rings is 1. The number of aromatic amines is 1. The Bertz CT molecular complexity index is 799. The minimum atomic E-state index is -0.792. The van der Waals surface area contributed by atoms with Gasteiger partial charge in [-0.05, 0) is 38.2 Å². The highest BCUT2D eigenvalue weighted by Crippen LogP contribution is 2.51. The summed E-state index contributed by atoms with van der Waals surface area (Å²) in [4.78, 5) is 33.6. The molecule has 0 spiro atoms. The van der Waals surface area contributed by atoms with Gasteiger partial charge in [0, 0.05) is 30.8 Å². The van der Waals surface area contributed by atoms with Crippen LogP contribution in [0.2, 0.25) is 0 Å². The number of carbonyl (C=O) groups excluding carboxylic acids is 2. The molecule has 2 amide bonds. The lowest BCUT2D eigenvalue weighted by atomic mass is 9.94. The smallest absolute Gasteiger partial charge is 0.266 e. The molecule has 1 aromatic heterocycles. The molecule has 3 N–H and O–H groups in total. The van der Waals surface area contributed by atoms with Crippen LogP contribution in [0.15, 0.2) is 36.8 Å². The molecule has 1 aromatic carbocycles. The third-order valence-corrected chi connectivity index (χ3v) is 5.45. The SMILES string of the molecule is Cc1cccc(CCC2(C(=O)N(C)C(Cc3cnc[nH]3)C(=O)NO)CC2)c1. The van der Waals surface area contributed by atoms with E-state index in [1.165, 1.54) is 22.4 Å². The largest absolute Gasteiger partial charge is 0.348 e. The van der Waals surface area contributed by atoms with Crippen LogP contribution in [0.3, 0.4) is 0 Å². The summed E-state index contributed by atoms with van der Waals surface area (Å²) in [6, 6.07) is 7.52. The Labute approximate surface area is 158 Å². The van der Waals surface area contributed by atoms with Gasteiger partial charge in [-0.25, -0.2) is 10.5 Å². The number of hydrogen-bond donors (Lipinski definition) is 3. The fraction of sp³-hybridized carbons (Fsp3) is 0.450. The van der Waals surface area contributed by atoms with Gasteiger partial charge in [0.05, 0.1) is 6.33 Å². The fourth-order valence-electron chi connectivity index (χ4n) is 3.57. The van der Waals surface area contributed by atoms with Gasteiger partial charge < -0.3 is 9.88 Å². The molecule has 7 nitrogen and oxygen atoms in total. The molecule has 2 aromatic rings. The highest BCUT2D eigenvalue weighted by molar-refractivity contribution is 5.91. The van der Waals surface area contributed by atoms with E-state index in [2.05, 4.69) is 35.1 Å². The van der Waals surface area contributed by atoms with E-state index in [0.717, 1.165) is 31.4 Å². The van der Waals surface area contributed by atoms with Crippen LogP contribution in [-0.4, -0.2) is 45.0 Å². The number of rotatable bonds is 8. The Morgan fingerprint density at radius 2 is 2.19 bits per heavy atom. The van der Waals surface area contributed by atoms with Crippen LogP contribution in [0.5, 0.6) is 0 Å². The van der Waals surface area contributed by atoms with E-state index >= 15 is 0 Å². The van der Waals surface area contributed by atoms with Gasteiger partial charge >= 0.3 is 0 Å². The zero-order valence-corrected chi connectivity index (χ0v) is 15.7. The van der Waals surface area contributed by atoms with Gasteiger partial charge in [-0.15, -0.1) is 0 Å². The first-order valence-electron chi connectivity index (χ1n) is 9.19. The average Bonchev–Trinajstić information content (AvgIpc) is 3.29. The molecule has 0 radical (unpaired) electrons. The van der Waals surface area contributed by atoms with E-state index < -0.39 is 17.4 Å². The number of H-pyrrole nitrogens is 1. The summed E-state index contributed by atoms with van der Waals surface area (Å²) in [7, 11) is 1.63. The van der Waals surface area contributed by atoms with E-state index in [1.54, 1.807) is 18.7 Å². The number of hydrogen-bond acceptors (Lipinski definition) is 4. The van der Waals surface area contributed by atoms with Crippen molar-refractivity contribution in [2.24, 2.45) is 5.41 Å². The van der Waals surface area contributed by atoms with Gasteiger partial charge in [0.25, 0.3) is 5.91 Å². The summed E-state index contributed by atoms with van der Waals surface area (Å²) in [6.45, 7) is 2.06. The first-order valence-corrected chi connectivity index (χ1v) is 9.19. The minimum Gasteiger partial charge on any atom is -0.348 e. The maximum absolute atomic E-state index is 13.1. The van der Waals surface area contributed by atoms with Gasteiger partial charge in [-0.3, -0.25) is 14.8 Å². The van der Waals surface area contributed by atoms with Gasteiger partial charge in [0.15, 0.2) is 0 Å². The number of nitrogens with one attached hydrogen (secondary N) is 2. The maximum Gasteiger partial charge on any atom is 0.266 e. The lowest BCUT2D eigenvalue weighted by Crippen LogP contribution is -2.50. The van der Waals surface area contributed by atoms with Crippen molar-refractivity contribution in [3.63, 3.8) is 0 Å². The van der Waals surface area contributed by atoms with Crippen LogP contribution < -0.4 is 5.48 Å². The van der Waals surface area contributed by atoms with Crippen molar-refractivity contribution in [2.75, 3.05) is 7.05 Å². The van der Waals surface area contributed by atoms with Crippen LogP contribution in [0.1, 0.15) is 36.1 Å². The second-order valence-electron chi connectivity index (χ2n) is 7.46. The number of hydroxylamine groups is 1. The van der Waals surface area contributed by atoms with Crippen LogP contribution in [0.4, 0.5) is 0 Å². The highest BCUT2D eigenvalue weighted by atomic mass is 16.5. The van der Waals surface area contributed by atoms with Crippen molar-refractivity contribution < 1.29 is 14.8 Å². The Morgan fingerprint density at radius 1 is 1.41 bits per heavy atom. The van der Waals surface area contributed by atoms with Crippen molar-refractivity contribution in [3.05, 3.63) is 53.6 Å². The number of carbonyl (C=O) groups is 2. The molecular formula is C20H26N4O3. The summed E-state index contributed by atoms with van der Waals surface area (Å²) >= 11 is 0. The zero-order valence-electron chi connectivity index (χ0n) is 15.7. The van der Waals surface area contributed by atoms with Crippen LogP contribution in [-0.2, 0) is 22.4 Å². The van der Waals surface area contributed by atoms with Crippen LogP contribution in [0, 0.1) is 12.3 Å². The van der Waals surface area contributed by atoms with E-state index in [0.29, 0.717) is 0 Å². The minimum absolute atomic E-state index is 0.0386. The monoisotopic (exact) mass is 370 g/mol. The van der Waals surface area contributed by atoms with E-state index in [-0.39, 0.29) is 12.3 Å². The zero-order chi connectivity index (χ0) is 19.4.